The summed E-state index contributed by atoms with van der Waals surface area (Å²) in [4.78, 5) is 23.2. The summed E-state index contributed by atoms with van der Waals surface area (Å²) in [6.07, 6.45) is -5.04. The lowest BCUT2D eigenvalue weighted by Crippen LogP contribution is -2.47. The van der Waals surface area contributed by atoms with E-state index in [1.807, 2.05) is 0 Å². The zero-order valence-electron chi connectivity index (χ0n) is 11.8. The molecule has 1 saturated heterocycles. The molecule has 2 bridgehead atoms. The molecule has 6 atom stereocenters. The second kappa shape index (κ2) is 6.00. The van der Waals surface area contributed by atoms with Crippen LogP contribution in [0.5, 0.6) is 0 Å². The number of fused-ring (bicyclic) bond motifs is 1. The van der Waals surface area contributed by atoms with Gasteiger partial charge in [-0.3, -0.25) is 9.83 Å². The molecule has 7 nitrogen and oxygen atoms in total. The molecule has 2 saturated carbocycles. The largest absolute Gasteiger partial charge is 0.691 e. The predicted octanol–water partition coefficient (Wildman–Crippen LogP) is 0.827. The van der Waals surface area contributed by atoms with E-state index in [9.17, 15) is 32.4 Å². The van der Waals surface area contributed by atoms with Gasteiger partial charge in [0.1, 0.15) is 6.10 Å². The fourth-order valence-electron chi connectivity index (χ4n) is 3.83. The molecular formula is C12H11F4O7S-. The van der Waals surface area contributed by atoms with Crippen LogP contribution in [0.3, 0.4) is 0 Å². The van der Waals surface area contributed by atoms with Crippen LogP contribution in [-0.2, 0) is 28.4 Å². The molecule has 0 amide bonds. The summed E-state index contributed by atoms with van der Waals surface area (Å²) in [7, 11) is 0. The van der Waals surface area contributed by atoms with Crippen LogP contribution in [0.2, 0.25) is 0 Å². The average molecular weight is 375 g/mol. The van der Waals surface area contributed by atoms with Crippen LogP contribution in [0.1, 0.15) is 12.8 Å². The van der Waals surface area contributed by atoms with E-state index in [4.69, 9.17) is 4.74 Å². The Morgan fingerprint density at radius 3 is 2.67 bits per heavy atom. The molecule has 6 unspecified atom stereocenters. The van der Waals surface area contributed by atoms with Crippen molar-refractivity contribution in [2.24, 2.45) is 23.7 Å². The van der Waals surface area contributed by atoms with Crippen molar-refractivity contribution in [1.82, 2.24) is 0 Å². The van der Waals surface area contributed by atoms with Gasteiger partial charge in [-0.15, -0.1) is 0 Å². The molecule has 1 aliphatic heterocycles. The molecule has 0 aromatic carbocycles. The van der Waals surface area contributed by atoms with Crippen molar-refractivity contribution in [3.8, 4) is 0 Å². The van der Waals surface area contributed by atoms with E-state index in [1.54, 1.807) is 0 Å². The molecule has 24 heavy (non-hydrogen) atoms. The van der Waals surface area contributed by atoms with E-state index in [0.717, 1.165) is 0 Å². The number of halogens is 4. The summed E-state index contributed by atoms with van der Waals surface area (Å²) in [6.45, 7) is -0.523. The SMILES string of the molecule is O=C1OC2C(COC(=O)C(F)(SOO[O-])C(F)(F)F)C3CC1C2C3. The maximum Gasteiger partial charge on any atom is 0.446 e. The van der Waals surface area contributed by atoms with Gasteiger partial charge >= 0.3 is 23.1 Å². The zero-order valence-corrected chi connectivity index (χ0v) is 12.6. The van der Waals surface area contributed by atoms with Gasteiger partial charge in [0.25, 0.3) is 0 Å². The number of ether oxygens (including phenoxy) is 2. The first-order valence-corrected chi connectivity index (χ1v) is 7.71. The van der Waals surface area contributed by atoms with E-state index in [0.29, 0.717) is 12.8 Å². The lowest BCUT2D eigenvalue weighted by Gasteiger charge is -2.27. The quantitative estimate of drug-likeness (QED) is 0.222. The molecule has 12 heteroatoms. The van der Waals surface area contributed by atoms with Crippen molar-refractivity contribution in [2.75, 3.05) is 6.61 Å². The second-order valence-corrected chi connectivity index (χ2v) is 6.84. The Hall–Kier alpha value is -1.11. The normalized spacial score (nSPS) is 36.5. The molecule has 0 spiro atoms. The summed E-state index contributed by atoms with van der Waals surface area (Å²) in [5.41, 5.74) is 0. The molecule has 3 rings (SSSR count). The highest BCUT2D eigenvalue weighted by atomic mass is 32.2. The topological polar surface area (TPSA) is 94.1 Å². The van der Waals surface area contributed by atoms with Crippen molar-refractivity contribution in [2.45, 2.75) is 30.1 Å². The van der Waals surface area contributed by atoms with Crippen molar-refractivity contribution < 1.29 is 51.3 Å². The fourth-order valence-corrected chi connectivity index (χ4v) is 4.17. The van der Waals surface area contributed by atoms with Gasteiger partial charge in [-0.2, -0.15) is 17.5 Å². The smallest absolute Gasteiger partial charge is 0.446 e. The van der Waals surface area contributed by atoms with Gasteiger partial charge in [-0.25, -0.2) is 9.18 Å². The Bertz CT molecular complexity index is 544. The summed E-state index contributed by atoms with van der Waals surface area (Å²) < 4.78 is 65.1. The van der Waals surface area contributed by atoms with Crippen LogP contribution in [0, 0.1) is 23.7 Å². The summed E-state index contributed by atoms with van der Waals surface area (Å²) >= 11 is -1.13. The van der Waals surface area contributed by atoms with Gasteiger partial charge in [0.05, 0.1) is 24.6 Å². The van der Waals surface area contributed by atoms with Gasteiger partial charge in [-0.1, -0.05) is 0 Å². The molecule has 3 fully saturated rings. The molecule has 1 heterocycles. The van der Waals surface area contributed by atoms with Gasteiger partial charge < -0.3 is 14.7 Å². The van der Waals surface area contributed by atoms with Crippen LogP contribution >= 0.6 is 12.0 Å². The van der Waals surface area contributed by atoms with E-state index >= 15 is 0 Å². The predicted molar refractivity (Wildman–Crippen MR) is 63.7 cm³/mol. The minimum absolute atomic E-state index is 0.0296. The van der Waals surface area contributed by atoms with Crippen LogP contribution in [0.4, 0.5) is 17.6 Å². The maximum atomic E-state index is 13.9. The number of hydrogen-bond donors (Lipinski definition) is 0. The van der Waals surface area contributed by atoms with Crippen molar-refractivity contribution >= 4 is 24.0 Å². The first-order chi connectivity index (χ1) is 11.2. The molecule has 0 aromatic heterocycles. The third-order valence-electron chi connectivity index (χ3n) is 4.86. The summed E-state index contributed by atoms with van der Waals surface area (Å²) in [5.74, 6) is -3.36. The zero-order chi connectivity index (χ0) is 17.7. The summed E-state index contributed by atoms with van der Waals surface area (Å²) in [5, 5.41) is 7.67. The number of hydrogen-bond acceptors (Lipinski definition) is 8. The summed E-state index contributed by atoms with van der Waals surface area (Å²) in [6, 6.07) is 0. The van der Waals surface area contributed by atoms with E-state index < -0.39 is 47.8 Å². The lowest BCUT2D eigenvalue weighted by molar-refractivity contribution is -0.777. The van der Waals surface area contributed by atoms with Crippen molar-refractivity contribution in [3.63, 3.8) is 0 Å². The Kier molecular flexibility index (Phi) is 4.43. The Balaban J connectivity index is 1.63. The van der Waals surface area contributed by atoms with Crippen molar-refractivity contribution in [1.29, 1.82) is 0 Å². The van der Waals surface area contributed by atoms with Crippen LogP contribution < -0.4 is 5.26 Å². The highest BCUT2D eigenvalue weighted by Crippen LogP contribution is 2.57. The number of carbonyl (C=O) groups is 2. The first kappa shape index (κ1) is 17.7. The minimum atomic E-state index is -5.69. The maximum absolute atomic E-state index is 13.9. The van der Waals surface area contributed by atoms with Crippen LogP contribution in [0.15, 0.2) is 0 Å². The molecule has 0 N–H and O–H groups in total. The van der Waals surface area contributed by atoms with Gasteiger partial charge in [0.2, 0.25) is 0 Å². The van der Waals surface area contributed by atoms with Crippen LogP contribution in [-0.4, -0.2) is 35.8 Å². The fraction of sp³-hybridized carbons (Fsp3) is 0.833. The van der Waals surface area contributed by atoms with Gasteiger partial charge in [0.15, 0.2) is 0 Å². The monoisotopic (exact) mass is 375 g/mol. The highest BCUT2D eigenvalue weighted by Gasteiger charge is 2.67. The van der Waals surface area contributed by atoms with E-state index in [2.05, 4.69) is 14.1 Å². The molecule has 136 valence electrons. The van der Waals surface area contributed by atoms with Crippen molar-refractivity contribution in [3.05, 3.63) is 0 Å². The molecular weight excluding hydrogens is 364 g/mol. The lowest BCUT2D eigenvalue weighted by atomic mass is 9.83. The Morgan fingerprint density at radius 1 is 1.33 bits per heavy atom. The third-order valence-corrected chi connectivity index (χ3v) is 5.61. The molecule has 0 radical (unpaired) electrons. The molecule has 2 aliphatic carbocycles. The molecule has 0 aromatic rings. The van der Waals surface area contributed by atoms with E-state index in [-0.39, 0.29) is 23.7 Å². The minimum Gasteiger partial charge on any atom is -0.691 e. The van der Waals surface area contributed by atoms with E-state index in [1.165, 1.54) is 0 Å². The first-order valence-electron chi connectivity index (χ1n) is 6.96. The van der Waals surface area contributed by atoms with Gasteiger partial charge in [0, 0.05) is 11.8 Å². The number of rotatable bonds is 6. The third kappa shape index (κ3) is 2.65. The number of alkyl halides is 4. The Morgan fingerprint density at radius 2 is 2.04 bits per heavy atom. The van der Waals surface area contributed by atoms with Gasteiger partial charge in [-0.05, 0) is 18.8 Å². The Labute approximate surface area is 136 Å². The highest BCUT2D eigenvalue weighted by molar-refractivity contribution is 7.96. The standard InChI is InChI=1S/C12H12F4O7S/c13-11(12(14,15)16,24-23-22-19)10(18)20-3-7-4-1-5-6(2-4)9(17)21-8(5)7/h4-8,19H,1-3H2/p-1. The number of carbonyl (C=O) groups excluding carboxylic acids is 2. The van der Waals surface area contributed by atoms with Crippen LogP contribution in [0.25, 0.3) is 0 Å². The average Bonchev–Trinajstić information content (AvgIpc) is 3.12. The molecule has 3 aliphatic rings. The second-order valence-electron chi connectivity index (χ2n) is 5.98. The number of esters is 2.